The molecular formula is C28H26F3NO2. The number of hydrogen-bond donors (Lipinski definition) is 0. The molecule has 0 spiro atoms. The Morgan fingerprint density at radius 1 is 1.00 bits per heavy atom. The second-order valence-electron chi connectivity index (χ2n) is 8.66. The van der Waals surface area contributed by atoms with E-state index in [1.54, 1.807) is 6.07 Å². The van der Waals surface area contributed by atoms with Gasteiger partial charge in [-0.3, -0.25) is 0 Å². The lowest BCUT2D eigenvalue weighted by Crippen LogP contribution is -2.17. The van der Waals surface area contributed by atoms with Crippen LogP contribution in [0.2, 0.25) is 0 Å². The molecule has 1 aliphatic heterocycles. The number of halogens is 3. The Morgan fingerprint density at radius 2 is 1.76 bits per heavy atom. The van der Waals surface area contributed by atoms with Crippen molar-refractivity contribution in [3.05, 3.63) is 94.9 Å². The quantitative estimate of drug-likeness (QED) is 0.295. The molecule has 0 unspecified atom stereocenters. The van der Waals surface area contributed by atoms with E-state index in [1.807, 2.05) is 53.1 Å². The lowest BCUT2D eigenvalue weighted by atomic mass is 9.93. The first kappa shape index (κ1) is 22.5. The standard InChI is InChI=1S/C28H26F3NO2/c1-18-26-24(8-5-9-25(26)34-17-19-6-3-2-4-7-19)32(27(18)20-12-14-33-15-13-20)21-10-11-23(29)22(16-21)28(30)31/h2-11,16,20,28H,12-15,17H2,1H3. The summed E-state index contributed by atoms with van der Waals surface area (Å²) in [5.41, 5.74) is 3.94. The van der Waals surface area contributed by atoms with E-state index in [-0.39, 0.29) is 5.92 Å². The lowest BCUT2D eigenvalue weighted by Gasteiger charge is -2.25. The van der Waals surface area contributed by atoms with E-state index >= 15 is 0 Å². The zero-order valence-electron chi connectivity index (χ0n) is 18.9. The van der Waals surface area contributed by atoms with Gasteiger partial charge >= 0.3 is 0 Å². The highest BCUT2D eigenvalue weighted by Gasteiger charge is 2.27. The van der Waals surface area contributed by atoms with Crippen molar-refractivity contribution < 1.29 is 22.6 Å². The zero-order chi connectivity index (χ0) is 23.7. The predicted octanol–water partition coefficient (Wildman–Crippen LogP) is 7.49. The Bertz CT molecular complexity index is 1290. The summed E-state index contributed by atoms with van der Waals surface area (Å²) >= 11 is 0. The van der Waals surface area contributed by atoms with Gasteiger partial charge in [-0.05, 0) is 61.2 Å². The molecule has 0 atom stereocenters. The van der Waals surface area contributed by atoms with Crippen molar-refractivity contribution in [1.82, 2.24) is 4.57 Å². The summed E-state index contributed by atoms with van der Waals surface area (Å²) in [6, 6.07) is 19.7. The van der Waals surface area contributed by atoms with Crippen molar-refractivity contribution in [2.24, 2.45) is 0 Å². The molecule has 1 fully saturated rings. The summed E-state index contributed by atoms with van der Waals surface area (Å²) in [5.74, 6) is 0.0386. The number of benzene rings is 3. The van der Waals surface area contributed by atoms with Gasteiger partial charge in [0.05, 0.1) is 11.1 Å². The van der Waals surface area contributed by atoms with E-state index in [2.05, 4.69) is 6.92 Å². The van der Waals surface area contributed by atoms with Gasteiger partial charge < -0.3 is 14.0 Å². The van der Waals surface area contributed by atoms with Gasteiger partial charge in [0.25, 0.3) is 6.43 Å². The van der Waals surface area contributed by atoms with Crippen LogP contribution in [0, 0.1) is 12.7 Å². The van der Waals surface area contributed by atoms with Gasteiger partial charge in [0.1, 0.15) is 18.2 Å². The molecule has 0 amide bonds. The predicted molar refractivity (Wildman–Crippen MR) is 126 cm³/mol. The third-order valence-corrected chi connectivity index (χ3v) is 6.56. The molecule has 1 aliphatic rings. The molecular weight excluding hydrogens is 439 g/mol. The van der Waals surface area contributed by atoms with E-state index < -0.39 is 17.8 Å². The Morgan fingerprint density at radius 3 is 2.50 bits per heavy atom. The monoisotopic (exact) mass is 465 g/mol. The van der Waals surface area contributed by atoms with Gasteiger partial charge in [0, 0.05) is 35.9 Å². The molecule has 5 rings (SSSR count). The van der Waals surface area contributed by atoms with Crippen molar-refractivity contribution in [3.8, 4) is 11.4 Å². The zero-order valence-corrected chi connectivity index (χ0v) is 18.9. The Balaban J connectivity index is 1.68. The van der Waals surface area contributed by atoms with Gasteiger partial charge in [-0.15, -0.1) is 0 Å². The van der Waals surface area contributed by atoms with Crippen LogP contribution in [-0.2, 0) is 11.3 Å². The average molecular weight is 466 g/mol. The molecule has 1 aromatic heterocycles. The molecule has 6 heteroatoms. The van der Waals surface area contributed by atoms with Crippen molar-refractivity contribution in [3.63, 3.8) is 0 Å². The first-order valence-corrected chi connectivity index (χ1v) is 11.5. The maximum absolute atomic E-state index is 14.1. The van der Waals surface area contributed by atoms with E-state index in [1.165, 1.54) is 6.07 Å². The number of aromatic nitrogens is 1. The Kier molecular flexibility index (Phi) is 6.33. The smallest absolute Gasteiger partial charge is 0.266 e. The molecule has 0 N–H and O–H groups in total. The molecule has 3 aromatic carbocycles. The van der Waals surface area contributed by atoms with Crippen LogP contribution in [0.1, 0.15) is 47.6 Å². The summed E-state index contributed by atoms with van der Waals surface area (Å²) in [5, 5.41) is 0.947. The fourth-order valence-corrected chi connectivity index (χ4v) is 4.94. The first-order chi connectivity index (χ1) is 16.5. The number of ether oxygens (including phenoxy) is 2. The number of fused-ring (bicyclic) bond motifs is 1. The second kappa shape index (κ2) is 9.55. The minimum absolute atomic E-state index is 0.197. The molecule has 0 radical (unpaired) electrons. The van der Waals surface area contributed by atoms with Crippen molar-refractivity contribution >= 4 is 10.9 Å². The van der Waals surface area contributed by atoms with Crippen molar-refractivity contribution in [1.29, 1.82) is 0 Å². The number of alkyl halides is 2. The molecule has 0 aliphatic carbocycles. The fraction of sp³-hybridized carbons (Fsp3) is 0.286. The number of nitrogens with zero attached hydrogens (tertiary/aromatic N) is 1. The van der Waals surface area contributed by atoms with Crippen LogP contribution in [0.25, 0.3) is 16.6 Å². The number of hydrogen-bond acceptors (Lipinski definition) is 2. The summed E-state index contributed by atoms with van der Waals surface area (Å²) in [6.07, 6.45) is -1.22. The summed E-state index contributed by atoms with van der Waals surface area (Å²) < 4.78 is 55.0. The molecule has 3 nitrogen and oxygen atoms in total. The fourth-order valence-electron chi connectivity index (χ4n) is 4.94. The first-order valence-electron chi connectivity index (χ1n) is 11.5. The van der Waals surface area contributed by atoms with E-state index in [0.717, 1.165) is 52.4 Å². The van der Waals surface area contributed by atoms with E-state index in [0.29, 0.717) is 25.5 Å². The van der Waals surface area contributed by atoms with Crippen molar-refractivity contribution in [2.75, 3.05) is 13.2 Å². The maximum Gasteiger partial charge on any atom is 0.266 e. The van der Waals surface area contributed by atoms with Crippen LogP contribution in [0.5, 0.6) is 5.75 Å². The molecule has 34 heavy (non-hydrogen) atoms. The largest absolute Gasteiger partial charge is 0.488 e. The van der Waals surface area contributed by atoms with Crippen LogP contribution in [-0.4, -0.2) is 17.8 Å². The third-order valence-electron chi connectivity index (χ3n) is 6.56. The molecule has 0 saturated carbocycles. The van der Waals surface area contributed by atoms with Gasteiger partial charge in [0.15, 0.2) is 0 Å². The maximum atomic E-state index is 14.1. The second-order valence-corrected chi connectivity index (χ2v) is 8.66. The average Bonchev–Trinajstić information content (AvgIpc) is 3.17. The summed E-state index contributed by atoms with van der Waals surface area (Å²) in [4.78, 5) is 0. The normalized spacial score (nSPS) is 14.7. The van der Waals surface area contributed by atoms with Crippen molar-refractivity contribution in [2.45, 2.75) is 38.7 Å². The minimum Gasteiger partial charge on any atom is -0.488 e. The topological polar surface area (TPSA) is 23.4 Å². The van der Waals surface area contributed by atoms with Gasteiger partial charge in [-0.1, -0.05) is 36.4 Å². The highest BCUT2D eigenvalue weighted by molar-refractivity contribution is 5.92. The van der Waals surface area contributed by atoms with Crippen LogP contribution in [0.3, 0.4) is 0 Å². The minimum atomic E-state index is -2.89. The van der Waals surface area contributed by atoms with Crippen LogP contribution in [0.15, 0.2) is 66.7 Å². The number of aryl methyl sites for hydroxylation is 1. The van der Waals surface area contributed by atoms with Crippen LogP contribution < -0.4 is 4.74 Å². The third kappa shape index (κ3) is 4.18. The van der Waals surface area contributed by atoms with Gasteiger partial charge in [0.2, 0.25) is 0 Å². The molecule has 4 aromatic rings. The molecule has 2 heterocycles. The summed E-state index contributed by atoms with van der Waals surface area (Å²) in [6.45, 7) is 3.77. The van der Waals surface area contributed by atoms with Gasteiger partial charge in [-0.2, -0.15) is 0 Å². The molecule has 1 saturated heterocycles. The highest BCUT2D eigenvalue weighted by atomic mass is 19.3. The highest BCUT2D eigenvalue weighted by Crippen LogP contribution is 2.42. The van der Waals surface area contributed by atoms with Crippen LogP contribution >= 0.6 is 0 Å². The lowest BCUT2D eigenvalue weighted by molar-refractivity contribution is 0.0841. The Labute approximate surface area is 196 Å². The SMILES string of the molecule is Cc1c(C2CCOCC2)n(-c2ccc(F)c(C(F)F)c2)c2cccc(OCc3ccccc3)c12. The number of rotatable bonds is 6. The van der Waals surface area contributed by atoms with Crippen LogP contribution in [0.4, 0.5) is 13.2 Å². The van der Waals surface area contributed by atoms with E-state index in [4.69, 9.17) is 9.47 Å². The van der Waals surface area contributed by atoms with Gasteiger partial charge in [-0.25, -0.2) is 13.2 Å². The molecule has 0 bridgehead atoms. The summed E-state index contributed by atoms with van der Waals surface area (Å²) in [7, 11) is 0. The Hall–Kier alpha value is -3.25. The molecule has 176 valence electrons. The van der Waals surface area contributed by atoms with E-state index in [9.17, 15) is 13.2 Å².